The number of amides is 2. The van der Waals surface area contributed by atoms with Crippen LogP contribution in [0.2, 0.25) is 0 Å². The summed E-state index contributed by atoms with van der Waals surface area (Å²) in [7, 11) is 0. The molecule has 3 rings (SSSR count). The first-order valence-corrected chi connectivity index (χ1v) is 10.2. The molecule has 2 aliphatic rings. The second-order valence-corrected chi connectivity index (χ2v) is 8.01. The van der Waals surface area contributed by atoms with Gasteiger partial charge in [0, 0.05) is 11.1 Å². The van der Waals surface area contributed by atoms with Crippen LogP contribution in [0.5, 0.6) is 0 Å². The van der Waals surface area contributed by atoms with Gasteiger partial charge in [-0.05, 0) is 12.5 Å². The number of thiazole rings is 1. The van der Waals surface area contributed by atoms with Gasteiger partial charge in [-0.15, -0.1) is 23.1 Å². The van der Waals surface area contributed by atoms with E-state index in [-0.39, 0.29) is 17.1 Å². The smallest absolute Gasteiger partial charge is 0.344 e. The van der Waals surface area contributed by atoms with Gasteiger partial charge in [0.1, 0.15) is 17.1 Å². The minimum atomic E-state index is -1.25. The highest BCUT2D eigenvalue weighted by molar-refractivity contribution is 8.00. The fourth-order valence-electron chi connectivity index (χ4n) is 2.67. The number of fused-ring (bicyclic) bond motifs is 1. The van der Waals surface area contributed by atoms with Gasteiger partial charge < -0.3 is 15.3 Å². The zero-order chi connectivity index (χ0) is 20.4. The maximum Gasteiger partial charge on any atom is 0.344 e. The van der Waals surface area contributed by atoms with Crippen LogP contribution in [-0.4, -0.2) is 67.4 Å². The number of carboxylic acids is 1. The zero-order valence-corrected chi connectivity index (χ0v) is 16.8. The summed E-state index contributed by atoms with van der Waals surface area (Å²) < 4.78 is 0. The lowest BCUT2D eigenvalue weighted by molar-refractivity contribution is -0.146. The normalized spacial score (nSPS) is 21.7. The van der Waals surface area contributed by atoms with Crippen molar-refractivity contribution in [2.45, 2.75) is 18.3 Å². The molecule has 28 heavy (non-hydrogen) atoms. The fourth-order valence-corrected chi connectivity index (χ4v) is 4.80. The van der Waals surface area contributed by atoms with Gasteiger partial charge in [0.15, 0.2) is 5.71 Å². The van der Waals surface area contributed by atoms with Crippen molar-refractivity contribution >= 4 is 64.3 Å². The molecule has 1 aromatic rings. The number of hydrogen-bond acceptors (Lipinski definition) is 9. The molecule has 0 aromatic carbocycles. The highest BCUT2D eigenvalue weighted by atomic mass is 32.2. The molecular formula is C15H14N4O6S3. The number of aliphatic carboxylic acids is 1. The third-order valence-corrected chi connectivity index (χ3v) is 6.10. The average Bonchev–Trinajstić information content (AvgIpc) is 3.16. The van der Waals surface area contributed by atoms with Gasteiger partial charge in [0.25, 0.3) is 11.8 Å². The first-order valence-electron chi connectivity index (χ1n) is 7.80. The van der Waals surface area contributed by atoms with E-state index in [2.05, 4.69) is 32.9 Å². The second kappa shape index (κ2) is 8.32. The van der Waals surface area contributed by atoms with E-state index in [0.29, 0.717) is 5.75 Å². The highest BCUT2D eigenvalue weighted by Gasteiger charge is 2.53. The number of rotatable bonds is 7. The Morgan fingerprint density at radius 1 is 1.50 bits per heavy atom. The van der Waals surface area contributed by atoms with Gasteiger partial charge in [0.2, 0.25) is 11.7 Å². The Morgan fingerprint density at radius 3 is 2.86 bits per heavy atom. The standard InChI is InChI=1S/C15H14N4O6S3/c1-6-3-28-14-10(13(23)19(14)11(6)15(24)26)17-12(22)9(7-4-27-5-16-7)18-25-2-8(20)21/h4-5,10,14H,2-3H2,1H3,(H,17,22)(H,20,21)(H,24,26)/t10?,14-/m1/s1. The van der Waals surface area contributed by atoms with Crippen LogP contribution in [0.4, 0.5) is 0 Å². The Labute approximate surface area is 172 Å². The number of oxime groups is 1. The summed E-state index contributed by atoms with van der Waals surface area (Å²) in [4.78, 5) is 57.4. The topological polar surface area (TPSA) is 138 Å². The van der Waals surface area contributed by atoms with Crippen LogP contribution in [0.25, 0.3) is 0 Å². The van der Waals surface area contributed by atoms with Crippen molar-refractivity contribution in [2.75, 3.05) is 12.4 Å². The molecule has 0 spiro atoms. The van der Waals surface area contributed by atoms with E-state index in [1.165, 1.54) is 38.9 Å². The summed E-state index contributed by atoms with van der Waals surface area (Å²) in [6.07, 6.45) is 0. The van der Waals surface area contributed by atoms with Gasteiger partial charge >= 0.3 is 5.97 Å². The monoisotopic (exact) mass is 442 g/mol. The Hall–Kier alpha value is -2.38. The summed E-state index contributed by atoms with van der Waals surface area (Å²) in [5.41, 5.74) is 2.40. The first kappa shape index (κ1) is 20.4. The molecule has 0 aliphatic carbocycles. The van der Waals surface area contributed by atoms with Crippen molar-refractivity contribution in [3.05, 3.63) is 27.9 Å². The molecule has 1 fully saturated rings. The van der Waals surface area contributed by atoms with Crippen molar-refractivity contribution < 1.29 is 29.1 Å². The maximum atomic E-state index is 12.6. The molecule has 148 valence electrons. The number of carbonyl (C=O) groups is 4. The number of β-lactam (4-membered cyclic amide) rings is 1. The highest BCUT2D eigenvalue weighted by Crippen LogP contribution is 2.40. The van der Waals surface area contributed by atoms with Crippen LogP contribution in [0.1, 0.15) is 12.6 Å². The average molecular weight is 443 g/mol. The number of thiol groups is 1. The minimum Gasteiger partial charge on any atom is -0.479 e. The van der Waals surface area contributed by atoms with Crippen LogP contribution in [0.15, 0.2) is 27.3 Å². The van der Waals surface area contributed by atoms with Crippen molar-refractivity contribution in [3.8, 4) is 0 Å². The minimum absolute atomic E-state index is 0.190. The molecule has 2 amide bonds. The number of thioether (sulfide) groups is 1. The molecule has 1 unspecified atom stereocenters. The van der Waals surface area contributed by atoms with Crippen molar-refractivity contribution in [2.24, 2.45) is 5.16 Å². The molecule has 3 heterocycles. The van der Waals surface area contributed by atoms with E-state index in [9.17, 15) is 19.2 Å². The van der Waals surface area contributed by atoms with E-state index in [1.54, 1.807) is 6.92 Å². The lowest BCUT2D eigenvalue weighted by Gasteiger charge is -2.49. The van der Waals surface area contributed by atoms with E-state index < -0.39 is 40.9 Å². The number of hydrogen-bond donors (Lipinski definition) is 3. The fraction of sp³-hybridized carbons (Fsp3) is 0.333. The summed E-state index contributed by atoms with van der Waals surface area (Å²) in [6, 6.07) is -0.864. The molecule has 0 saturated carbocycles. The van der Waals surface area contributed by atoms with Gasteiger partial charge in [-0.3, -0.25) is 19.3 Å². The lowest BCUT2D eigenvalue weighted by atomic mass is 10.0. The molecular weight excluding hydrogens is 428 g/mol. The molecule has 2 atom stereocenters. The van der Waals surface area contributed by atoms with Crippen molar-refractivity contribution in [1.82, 2.24) is 15.2 Å². The molecule has 0 radical (unpaired) electrons. The van der Waals surface area contributed by atoms with Crippen LogP contribution in [0, 0.1) is 0 Å². The third-order valence-electron chi connectivity index (χ3n) is 3.88. The first-order chi connectivity index (χ1) is 13.3. The molecule has 13 heteroatoms. The predicted octanol–water partition coefficient (Wildman–Crippen LogP) is 0.0787. The molecule has 2 N–H and O–H groups in total. The van der Waals surface area contributed by atoms with Crippen molar-refractivity contribution in [3.63, 3.8) is 0 Å². The van der Waals surface area contributed by atoms with Gasteiger partial charge in [0.05, 0.1) is 11.2 Å². The van der Waals surface area contributed by atoms with E-state index in [1.807, 2.05) is 0 Å². The van der Waals surface area contributed by atoms with E-state index in [4.69, 9.17) is 5.11 Å². The summed E-state index contributed by atoms with van der Waals surface area (Å²) >= 11 is 6.45. The quantitative estimate of drug-likeness (QED) is 0.234. The summed E-state index contributed by atoms with van der Waals surface area (Å²) in [6.45, 7) is 1.02. The van der Waals surface area contributed by atoms with Crippen molar-refractivity contribution in [1.29, 1.82) is 0 Å². The maximum absolute atomic E-state index is 12.6. The molecule has 10 nitrogen and oxygen atoms in total. The number of nitrogens with zero attached hydrogens (tertiary/aromatic N) is 3. The predicted molar refractivity (Wildman–Crippen MR) is 104 cm³/mol. The van der Waals surface area contributed by atoms with E-state index in [0.717, 1.165) is 5.57 Å². The van der Waals surface area contributed by atoms with Crippen LogP contribution in [0.3, 0.4) is 0 Å². The van der Waals surface area contributed by atoms with Gasteiger partial charge in [-0.1, -0.05) is 17.8 Å². The molecule has 1 saturated heterocycles. The summed E-state index contributed by atoms with van der Waals surface area (Å²) in [5, 5.41) is 15.4. The van der Waals surface area contributed by atoms with Crippen LogP contribution < -0.4 is 5.32 Å². The Morgan fingerprint density at radius 2 is 2.25 bits per heavy atom. The number of carbonyl (C=O) groups excluding carboxylic acids is 3. The van der Waals surface area contributed by atoms with Crippen LogP contribution >= 0.6 is 35.7 Å². The van der Waals surface area contributed by atoms with Gasteiger partial charge in [-0.2, -0.15) is 0 Å². The molecule has 0 bridgehead atoms. The number of nitrogens with one attached hydrogen (secondary N) is 1. The second-order valence-electron chi connectivity index (χ2n) is 5.78. The third kappa shape index (κ3) is 3.91. The molecule has 2 aliphatic heterocycles. The van der Waals surface area contributed by atoms with E-state index >= 15 is 0 Å². The lowest BCUT2D eigenvalue weighted by Crippen LogP contribution is -2.70. The number of aromatic nitrogens is 1. The SMILES string of the molecule is CC1=C(C(=O)S)N2C(=O)C(NC(=O)C(=NOCC(=O)O)c3cscn3)[C@H]2SC1. The van der Waals surface area contributed by atoms with Crippen LogP contribution in [-0.2, 0) is 24.0 Å². The van der Waals surface area contributed by atoms with Gasteiger partial charge in [-0.25, -0.2) is 9.78 Å². The molecule has 1 aromatic heterocycles. The Balaban J connectivity index is 1.76. The number of carboxylic acid groups (broad SMARTS) is 1. The summed E-state index contributed by atoms with van der Waals surface area (Å²) in [5.74, 6) is -1.90. The Bertz CT molecular complexity index is 898. The zero-order valence-electron chi connectivity index (χ0n) is 14.3. The largest absolute Gasteiger partial charge is 0.479 e. The Kier molecular flexibility index (Phi) is 6.05.